The molecule has 0 spiro atoms. The standard InChI is InChI=1S/C12H15NO3S/c1-7-4-5-10(9(6-7)12(15)16)13-11(14)8(2)17-3/h4-6,8H,1-3H3,(H,13,14)(H,15,16). The number of anilines is 1. The molecule has 17 heavy (non-hydrogen) atoms. The Labute approximate surface area is 104 Å². The predicted octanol–water partition coefficient (Wildman–Crippen LogP) is 2.38. The van der Waals surface area contributed by atoms with Crippen LogP contribution in [-0.4, -0.2) is 28.5 Å². The van der Waals surface area contributed by atoms with Crippen LogP contribution in [0.3, 0.4) is 0 Å². The van der Waals surface area contributed by atoms with E-state index in [1.807, 2.05) is 13.2 Å². The van der Waals surface area contributed by atoms with Crippen molar-refractivity contribution in [2.24, 2.45) is 0 Å². The number of carbonyl (C=O) groups excluding carboxylic acids is 1. The van der Waals surface area contributed by atoms with Gasteiger partial charge in [0.05, 0.1) is 16.5 Å². The molecule has 1 rings (SSSR count). The molecule has 1 atom stereocenters. The fraction of sp³-hybridized carbons (Fsp3) is 0.333. The van der Waals surface area contributed by atoms with Crippen LogP contribution in [0.15, 0.2) is 18.2 Å². The summed E-state index contributed by atoms with van der Waals surface area (Å²) >= 11 is 1.41. The number of aryl methyl sites for hydroxylation is 1. The molecule has 0 aliphatic heterocycles. The molecule has 1 aromatic carbocycles. The smallest absolute Gasteiger partial charge is 0.337 e. The van der Waals surface area contributed by atoms with Gasteiger partial charge in [-0.1, -0.05) is 11.6 Å². The number of nitrogens with one attached hydrogen (secondary N) is 1. The molecule has 0 radical (unpaired) electrons. The molecule has 92 valence electrons. The van der Waals surface area contributed by atoms with E-state index >= 15 is 0 Å². The van der Waals surface area contributed by atoms with E-state index in [2.05, 4.69) is 5.32 Å². The van der Waals surface area contributed by atoms with Crippen molar-refractivity contribution in [3.63, 3.8) is 0 Å². The van der Waals surface area contributed by atoms with E-state index in [1.54, 1.807) is 25.1 Å². The zero-order valence-corrected chi connectivity index (χ0v) is 10.8. The number of carboxylic acids is 1. The molecule has 1 amide bonds. The Kier molecular flexibility index (Phi) is 4.57. The van der Waals surface area contributed by atoms with Crippen LogP contribution in [0.5, 0.6) is 0 Å². The van der Waals surface area contributed by atoms with Gasteiger partial charge < -0.3 is 10.4 Å². The van der Waals surface area contributed by atoms with Gasteiger partial charge in [-0.2, -0.15) is 11.8 Å². The molecular formula is C12H15NO3S. The van der Waals surface area contributed by atoms with Gasteiger partial charge >= 0.3 is 5.97 Å². The van der Waals surface area contributed by atoms with Crippen molar-refractivity contribution in [3.8, 4) is 0 Å². The third-order valence-electron chi connectivity index (χ3n) is 2.39. The summed E-state index contributed by atoms with van der Waals surface area (Å²) in [5.74, 6) is -1.23. The summed E-state index contributed by atoms with van der Waals surface area (Å²) in [6, 6.07) is 4.93. The minimum Gasteiger partial charge on any atom is -0.478 e. The second kappa shape index (κ2) is 5.72. The van der Waals surface area contributed by atoms with Crippen molar-refractivity contribution < 1.29 is 14.7 Å². The van der Waals surface area contributed by atoms with Gasteiger partial charge in [-0.25, -0.2) is 4.79 Å². The van der Waals surface area contributed by atoms with E-state index in [1.165, 1.54) is 11.8 Å². The average Bonchev–Trinajstić information content (AvgIpc) is 2.29. The lowest BCUT2D eigenvalue weighted by molar-refractivity contribution is -0.115. The Morgan fingerprint density at radius 1 is 1.41 bits per heavy atom. The van der Waals surface area contributed by atoms with Gasteiger partial charge in [0, 0.05) is 0 Å². The Balaban J connectivity index is 2.98. The van der Waals surface area contributed by atoms with Gasteiger partial charge in [0.25, 0.3) is 0 Å². The number of aromatic carboxylic acids is 1. The highest BCUT2D eigenvalue weighted by Gasteiger charge is 2.16. The van der Waals surface area contributed by atoms with Gasteiger partial charge in [-0.15, -0.1) is 0 Å². The second-order valence-electron chi connectivity index (χ2n) is 3.72. The number of hydrogen-bond donors (Lipinski definition) is 2. The predicted molar refractivity (Wildman–Crippen MR) is 69.7 cm³/mol. The highest BCUT2D eigenvalue weighted by atomic mass is 32.2. The van der Waals surface area contributed by atoms with Crippen molar-refractivity contribution >= 4 is 29.3 Å². The fourth-order valence-corrected chi connectivity index (χ4v) is 1.56. The zero-order valence-electron chi connectivity index (χ0n) is 9.98. The van der Waals surface area contributed by atoms with Crippen LogP contribution >= 0.6 is 11.8 Å². The van der Waals surface area contributed by atoms with E-state index in [4.69, 9.17) is 5.11 Å². The molecule has 1 unspecified atom stereocenters. The summed E-state index contributed by atoms with van der Waals surface area (Å²) < 4.78 is 0. The third kappa shape index (κ3) is 3.49. The average molecular weight is 253 g/mol. The number of rotatable bonds is 4. The molecule has 4 nitrogen and oxygen atoms in total. The van der Waals surface area contributed by atoms with Crippen molar-refractivity contribution in [2.45, 2.75) is 19.1 Å². The Bertz CT molecular complexity index is 445. The molecule has 0 fully saturated rings. The first-order valence-electron chi connectivity index (χ1n) is 5.13. The summed E-state index contributed by atoms with van der Waals surface area (Å²) in [6.45, 7) is 3.58. The molecule has 0 heterocycles. The van der Waals surface area contributed by atoms with Crippen LogP contribution < -0.4 is 5.32 Å². The topological polar surface area (TPSA) is 66.4 Å². The van der Waals surface area contributed by atoms with Crippen molar-refractivity contribution in [1.82, 2.24) is 0 Å². The Morgan fingerprint density at radius 3 is 2.59 bits per heavy atom. The molecule has 0 aliphatic carbocycles. The molecule has 0 saturated heterocycles. The number of benzene rings is 1. The van der Waals surface area contributed by atoms with E-state index in [9.17, 15) is 9.59 Å². The van der Waals surface area contributed by atoms with Crippen LogP contribution in [-0.2, 0) is 4.79 Å². The number of carbonyl (C=O) groups is 2. The van der Waals surface area contributed by atoms with Crippen LogP contribution in [0.4, 0.5) is 5.69 Å². The highest BCUT2D eigenvalue weighted by molar-refractivity contribution is 7.99. The van der Waals surface area contributed by atoms with E-state index in [-0.39, 0.29) is 16.7 Å². The summed E-state index contributed by atoms with van der Waals surface area (Å²) in [5, 5.41) is 11.5. The molecule has 0 bridgehead atoms. The molecular weight excluding hydrogens is 238 g/mol. The first kappa shape index (κ1) is 13.6. The van der Waals surface area contributed by atoms with Gasteiger partial charge in [0.2, 0.25) is 5.91 Å². The van der Waals surface area contributed by atoms with Crippen molar-refractivity contribution in [2.75, 3.05) is 11.6 Å². The number of amides is 1. The maximum Gasteiger partial charge on any atom is 0.337 e. The minimum absolute atomic E-state index is 0.117. The lowest BCUT2D eigenvalue weighted by atomic mass is 10.1. The summed E-state index contributed by atoms with van der Waals surface area (Å²) in [5.41, 5.74) is 1.30. The molecule has 0 aliphatic rings. The molecule has 0 saturated carbocycles. The van der Waals surface area contributed by atoms with Crippen LogP contribution in [0.2, 0.25) is 0 Å². The third-order valence-corrected chi connectivity index (χ3v) is 3.31. The quantitative estimate of drug-likeness (QED) is 0.864. The molecule has 2 N–H and O–H groups in total. The second-order valence-corrected chi connectivity index (χ2v) is 4.90. The van der Waals surface area contributed by atoms with E-state index in [0.717, 1.165) is 5.56 Å². The lowest BCUT2D eigenvalue weighted by Crippen LogP contribution is -2.23. The minimum atomic E-state index is -1.04. The van der Waals surface area contributed by atoms with Crippen LogP contribution in [0.1, 0.15) is 22.8 Å². The number of thioether (sulfide) groups is 1. The Morgan fingerprint density at radius 2 is 2.06 bits per heavy atom. The number of hydrogen-bond acceptors (Lipinski definition) is 3. The summed E-state index contributed by atoms with van der Waals surface area (Å²) in [4.78, 5) is 22.7. The number of carboxylic acid groups (broad SMARTS) is 1. The zero-order chi connectivity index (χ0) is 13.0. The first-order valence-corrected chi connectivity index (χ1v) is 6.42. The van der Waals surface area contributed by atoms with Crippen molar-refractivity contribution in [1.29, 1.82) is 0 Å². The van der Waals surface area contributed by atoms with Crippen molar-refractivity contribution in [3.05, 3.63) is 29.3 Å². The Hall–Kier alpha value is -1.49. The molecule has 0 aromatic heterocycles. The maximum atomic E-state index is 11.7. The van der Waals surface area contributed by atoms with Gasteiger partial charge in [-0.3, -0.25) is 4.79 Å². The molecule has 5 heteroatoms. The molecule has 1 aromatic rings. The highest BCUT2D eigenvalue weighted by Crippen LogP contribution is 2.19. The van der Waals surface area contributed by atoms with Gasteiger partial charge in [0.15, 0.2) is 0 Å². The van der Waals surface area contributed by atoms with Crippen LogP contribution in [0.25, 0.3) is 0 Å². The van der Waals surface area contributed by atoms with E-state index < -0.39 is 5.97 Å². The first-order chi connectivity index (χ1) is 7.95. The maximum absolute atomic E-state index is 11.7. The summed E-state index contributed by atoms with van der Waals surface area (Å²) in [7, 11) is 0. The lowest BCUT2D eigenvalue weighted by Gasteiger charge is -2.12. The van der Waals surface area contributed by atoms with Crippen LogP contribution in [0, 0.1) is 6.92 Å². The monoisotopic (exact) mass is 253 g/mol. The SMILES string of the molecule is CSC(C)C(=O)Nc1ccc(C)cc1C(=O)O. The fourth-order valence-electron chi connectivity index (χ4n) is 1.29. The summed E-state index contributed by atoms with van der Waals surface area (Å²) in [6.07, 6.45) is 1.83. The van der Waals surface area contributed by atoms with Gasteiger partial charge in [0.1, 0.15) is 0 Å². The normalized spacial score (nSPS) is 11.9. The van der Waals surface area contributed by atoms with E-state index in [0.29, 0.717) is 5.69 Å². The largest absolute Gasteiger partial charge is 0.478 e. The van der Waals surface area contributed by atoms with Gasteiger partial charge in [-0.05, 0) is 32.2 Å².